The number of nitrogens with one attached hydrogen (secondary N) is 4. The first-order valence-electron chi connectivity index (χ1n) is 24.6. The van der Waals surface area contributed by atoms with E-state index in [4.69, 9.17) is 19.4 Å². The maximum Gasteiger partial charge on any atom is 0.407 e. The van der Waals surface area contributed by atoms with E-state index < -0.39 is 24.3 Å². The van der Waals surface area contributed by atoms with E-state index in [0.717, 1.165) is 124 Å². The molecule has 6 aliphatic carbocycles. The first-order chi connectivity index (χ1) is 31.9. The van der Waals surface area contributed by atoms with E-state index in [1.54, 1.807) is 0 Å². The minimum absolute atomic E-state index is 0.0703. The summed E-state index contributed by atoms with van der Waals surface area (Å²) in [5.41, 5.74) is 8.86. The summed E-state index contributed by atoms with van der Waals surface area (Å²) in [5.74, 6) is 2.02. The van der Waals surface area contributed by atoms with Crippen LogP contribution in [0.5, 0.6) is 0 Å². The molecule has 4 fully saturated rings. The Bertz CT molecular complexity index is 2260. The molecule has 2 aromatic carbocycles. The smallest absolute Gasteiger partial charge is 0.407 e. The molecule has 2 aromatic heterocycles. The Morgan fingerprint density at radius 3 is 1.41 bits per heavy atom. The van der Waals surface area contributed by atoms with Gasteiger partial charge in [-0.2, -0.15) is 0 Å². The number of carbonyl (C=O) groups is 4. The zero-order valence-electron chi connectivity index (χ0n) is 39.5. The summed E-state index contributed by atoms with van der Waals surface area (Å²) in [6, 6.07) is 12.0. The minimum Gasteiger partial charge on any atom is -0.453 e. The lowest BCUT2D eigenvalue weighted by atomic mass is 9.84. The van der Waals surface area contributed by atoms with Gasteiger partial charge in [-0.3, -0.25) is 9.59 Å². The number of aryl methyl sites for hydroxylation is 4. The third-order valence-corrected chi connectivity index (χ3v) is 15.6. The lowest BCUT2D eigenvalue weighted by molar-refractivity contribution is -0.139. The molecule has 2 aliphatic heterocycles. The van der Waals surface area contributed by atoms with Gasteiger partial charge in [0.1, 0.15) is 23.7 Å². The van der Waals surface area contributed by atoms with Gasteiger partial charge in [0, 0.05) is 35.6 Å². The van der Waals surface area contributed by atoms with Gasteiger partial charge in [0.05, 0.1) is 37.7 Å². The van der Waals surface area contributed by atoms with Crippen molar-refractivity contribution in [3.8, 4) is 22.5 Å². The Hall–Kier alpha value is -5.66. The van der Waals surface area contributed by atoms with Gasteiger partial charge in [-0.1, -0.05) is 77.6 Å². The fraction of sp³-hybridized carbons (Fsp3) is 0.577. The zero-order valence-corrected chi connectivity index (χ0v) is 39.5. The number of carbonyl (C=O) groups excluding carboxylic acids is 4. The molecule has 2 saturated heterocycles. The van der Waals surface area contributed by atoms with Crippen LogP contribution in [0.3, 0.4) is 0 Å². The first-order valence-corrected chi connectivity index (χ1v) is 24.6. The van der Waals surface area contributed by atoms with Crippen molar-refractivity contribution < 1.29 is 28.7 Å². The van der Waals surface area contributed by atoms with Gasteiger partial charge in [-0.25, -0.2) is 19.6 Å². The number of methoxy groups -OCH3 is 2. The molecule has 8 atom stereocenters. The van der Waals surface area contributed by atoms with E-state index in [1.807, 2.05) is 49.9 Å². The minimum atomic E-state index is -0.695. The Morgan fingerprint density at radius 2 is 1.02 bits per heavy atom. The predicted molar refractivity (Wildman–Crippen MR) is 251 cm³/mol. The number of amides is 4. The number of aromatic amines is 2. The highest BCUT2D eigenvalue weighted by Gasteiger charge is 2.50. The topological polar surface area (TPSA) is 175 Å². The molecule has 4 bridgehead atoms. The average Bonchev–Trinajstić information content (AvgIpc) is 4.15. The van der Waals surface area contributed by atoms with E-state index in [2.05, 4.69) is 57.0 Å². The summed E-state index contributed by atoms with van der Waals surface area (Å²) in [6.45, 7) is 7.83. The number of benzene rings is 2. The van der Waals surface area contributed by atoms with Crippen LogP contribution < -0.4 is 10.6 Å². The molecule has 12 rings (SSSR count). The number of nitrogens with zero attached hydrogens (tertiary/aromatic N) is 4. The van der Waals surface area contributed by atoms with Crippen LogP contribution in [0.25, 0.3) is 22.5 Å². The van der Waals surface area contributed by atoms with Crippen LogP contribution >= 0.6 is 0 Å². The van der Waals surface area contributed by atoms with Crippen LogP contribution in [-0.4, -0.2) is 92.1 Å². The number of imidazole rings is 2. The van der Waals surface area contributed by atoms with Gasteiger partial charge in [-0.15, -0.1) is 0 Å². The number of ether oxygens (including phenoxy) is 2. The van der Waals surface area contributed by atoms with Crippen molar-refractivity contribution in [1.82, 2.24) is 40.4 Å². The molecule has 0 spiro atoms. The third kappa shape index (κ3) is 8.96. The number of likely N-dealkylation sites (tertiary alicyclic amines) is 2. The van der Waals surface area contributed by atoms with E-state index in [0.29, 0.717) is 11.8 Å². The molecule has 4 aromatic rings. The molecule has 4 heterocycles. The van der Waals surface area contributed by atoms with Crippen molar-refractivity contribution in [3.05, 3.63) is 82.7 Å². The molecule has 14 nitrogen and oxygen atoms in total. The number of fused-ring (bicyclic) bond motifs is 2. The molecule has 4 amide bonds. The summed E-state index contributed by atoms with van der Waals surface area (Å²) < 4.78 is 9.84. The third-order valence-electron chi connectivity index (χ3n) is 15.6. The van der Waals surface area contributed by atoms with Crippen molar-refractivity contribution in [1.29, 1.82) is 0 Å². The summed E-state index contributed by atoms with van der Waals surface area (Å²) in [6.07, 6.45) is 16.4. The fourth-order valence-electron chi connectivity index (χ4n) is 12.1. The van der Waals surface area contributed by atoms with Crippen molar-refractivity contribution >= 4 is 24.0 Å². The molecule has 14 heteroatoms. The molecule has 2 saturated carbocycles. The number of hydrogen-bond acceptors (Lipinski definition) is 8. The van der Waals surface area contributed by atoms with Crippen LogP contribution in [-0.2, 0) is 44.7 Å². The van der Waals surface area contributed by atoms with Crippen molar-refractivity contribution in [2.75, 3.05) is 14.2 Å². The van der Waals surface area contributed by atoms with Crippen molar-refractivity contribution in [3.63, 3.8) is 0 Å². The highest BCUT2D eigenvalue weighted by atomic mass is 16.5. The Balaban J connectivity index is 0.964. The monoisotopic (exact) mass is 901 g/mol. The van der Waals surface area contributed by atoms with Crippen LogP contribution in [0.4, 0.5) is 9.59 Å². The number of hydrogen-bond donors (Lipinski definition) is 4. The van der Waals surface area contributed by atoms with E-state index >= 15 is 0 Å². The summed E-state index contributed by atoms with van der Waals surface area (Å²) in [5, 5.41) is 5.66. The predicted octanol–water partition coefficient (Wildman–Crippen LogP) is 8.78. The molecule has 4 N–H and O–H groups in total. The second-order valence-corrected chi connectivity index (χ2v) is 20.3. The van der Waals surface area contributed by atoms with Gasteiger partial charge < -0.3 is 39.9 Å². The van der Waals surface area contributed by atoms with Gasteiger partial charge in [0.2, 0.25) is 11.8 Å². The Morgan fingerprint density at radius 1 is 0.606 bits per heavy atom. The first kappa shape index (κ1) is 45.5. The van der Waals surface area contributed by atoms with Gasteiger partial charge in [0.15, 0.2) is 0 Å². The molecule has 66 heavy (non-hydrogen) atoms. The molecular weight excluding hydrogens is 833 g/mol. The van der Waals surface area contributed by atoms with Crippen LogP contribution in [0.2, 0.25) is 0 Å². The maximum absolute atomic E-state index is 14.4. The van der Waals surface area contributed by atoms with Crippen molar-refractivity contribution in [2.45, 2.75) is 154 Å². The summed E-state index contributed by atoms with van der Waals surface area (Å²) >= 11 is 0. The highest BCUT2D eigenvalue weighted by Crippen LogP contribution is 2.48. The average molecular weight is 901 g/mol. The molecule has 0 radical (unpaired) electrons. The lowest BCUT2D eigenvalue weighted by Crippen LogP contribution is -2.53. The second kappa shape index (κ2) is 19.3. The van der Waals surface area contributed by atoms with Crippen LogP contribution in [0, 0.1) is 23.7 Å². The fourth-order valence-corrected chi connectivity index (χ4v) is 12.1. The summed E-state index contributed by atoms with van der Waals surface area (Å²) in [7, 11) is 2.66. The quantitative estimate of drug-likeness (QED) is 0.122. The standard InChI is InChI=1S/C52H68N8O6/c1-29(2)45(57-51(63)65-5)49(61)59-41-13-9-7-11-35(41)25-43(59)47-53-27-39(55-47)37-23-31-15-19-33(37)21-17-32-16-20-34(22-18-31)38(24-32)40-28-54-48(56-40)44-26-36-12-8-10-14-42(36)60(44)50(62)46(30(3)4)58-52(64)66-6/h15-16,19-20,23-24,27-30,35-36,41-46H,7-14,17-18,21-22,25-26H2,1-6H3,(H,53,55)(H,54,56)(H,57,63)(H,58,64)/t35?,36?,41?,42?,43-,44-,45?,46?/m0/s1. The number of H-pyrrole nitrogens is 2. The number of aromatic nitrogens is 4. The van der Waals surface area contributed by atoms with E-state index in [1.165, 1.54) is 36.5 Å². The largest absolute Gasteiger partial charge is 0.453 e. The van der Waals surface area contributed by atoms with Crippen molar-refractivity contribution in [2.24, 2.45) is 23.7 Å². The summed E-state index contributed by atoms with van der Waals surface area (Å²) in [4.78, 5) is 75.4. The van der Waals surface area contributed by atoms with Crippen LogP contribution in [0.1, 0.15) is 138 Å². The van der Waals surface area contributed by atoms with Gasteiger partial charge in [-0.05, 0) is 122 Å². The number of alkyl carbamates (subject to hydrolysis) is 2. The molecule has 6 unspecified atom stereocenters. The van der Waals surface area contributed by atoms with E-state index in [9.17, 15) is 19.2 Å². The Labute approximate surface area is 388 Å². The maximum atomic E-state index is 14.4. The molecular formula is C52H68N8O6. The molecule has 352 valence electrons. The normalized spacial score (nSPS) is 24.6. The number of rotatable bonds is 10. The SMILES string of the molecule is COC(=O)NC(C(=O)N1C2CCCCC2C[C@H]1c1nc(-c2cc3ccc2CCc2ccc(c(-c4c[nH]c([C@@H]5CC6CCCCC6N5C(=O)C(NC(=O)OC)C(C)C)n4)c2)CC3)c[nH]1)C(C)C. The van der Waals surface area contributed by atoms with Crippen LogP contribution in [0.15, 0.2) is 48.8 Å². The Kier molecular flexibility index (Phi) is 13.3. The lowest BCUT2D eigenvalue weighted by Gasteiger charge is -2.36. The zero-order chi connectivity index (χ0) is 46.2. The highest BCUT2D eigenvalue weighted by molar-refractivity contribution is 5.87. The second-order valence-electron chi connectivity index (χ2n) is 20.3. The molecule has 8 aliphatic rings. The van der Waals surface area contributed by atoms with E-state index in [-0.39, 0.29) is 47.8 Å². The van der Waals surface area contributed by atoms with Gasteiger partial charge >= 0.3 is 12.2 Å². The van der Waals surface area contributed by atoms with Gasteiger partial charge in [0.25, 0.3) is 0 Å².